The fraction of sp³-hybridized carbons (Fsp3) is 0.417. The van der Waals surface area contributed by atoms with E-state index < -0.39 is 15.8 Å². The molecule has 0 heterocycles. The zero-order valence-corrected chi connectivity index (χ0v) is 13.4. The molecule has 0 aliphatic rings. The van der Waals surface area contributed by atoms with Crippen LogP contribution >= 0.6 is 12.4 Å². The molecule has 0 bridgehead atoms. The summed E-state index contributed by atoms with van der Waals surface area (Å²) >= 11 is 0. The van der Waals surface area contributed by atoms with Crippen LogP contribution in [0.5, 0.6) is 0 Å². The van der Waals surface area contributed by atoms with Crippen LogP contribution in [0.25, 0.3) is 0 Å². The van der Waals surface area contributed by atoms with Gasteiger partial charge in [-0.1, -0.05) is 0 Å². The molecule has 21 heavy (non-hydrogen) atoms. The Morgan fingerprint density at radius 1 is 1.29 bits per heavy atom. The first-order valence-electron chi connectivity index (χ1n) is 6.03. The summed E-state index contributed by atoms with van der Waals surface area (Å²) in [5, 5.41) is 5.61. The van der Waals surface area contributed by atoms with Crippen molar-refractivity contribution >= 4 is 34.0 Å². The molecule has 0 spiro atoms. The van der Waals surface area contributed by atoms with Gasteiger partial charge in [0.1, 0.15) is 5.82 Å². The number of nitrogens with one attached hydrogen (secondary N) is 3. The summed E-state index contributed by atoms with van der Waals surface area (Å²) in [5.74, 6) is -1.11. The van der Waals surface area contributed by atoms with E-state index >= 15 is 0 Å². The third kappa shape index (κ3) is 7.26. The number of rotatable bonds is 7. The number of halogens is 2. The van der Waals surface area contributed by atoms with Gasteiger partial charge in [0.25, 0.3) is 5.91 Å². The van der Waals surface area contributed by atoms with E-state index in [-0.39, 0.29) is 29.6 Å². The second kappa shape index (κ2) is 8.81. The van der Waals surface area contributed by atoms with Crippen molar-refractivity contribution in [2.24, 2.45) is 0 Å². The van der Waals surface area contributed by atoms with Crippen LogP contribution in [0.1, 0.15) is 16.8 Å². The molecule has 0 unspecified atom stereocenters. The lowest BCUT2D eigenvalue weighted by Gasteiger charge is -2.09. The predicted octanol–water partition coefficient (Wildman–Crippen LogP) is 0.958. The van der Waals surface area contributed by atoms with Crippen LogP contribution < -0.4 is 15.4 Å². The number of sulfonamides is 1. The van der Waals surface area contributed by atoms with Gasteiger partial charge in [-0.3, -0.25) is 9.52 Å². The van der Waals surface area contributed by atoms with Crippen molar-refractivity contribution in [3.8, 4) is 0 Å². The monoisotopic (exact) mass is 339 g/mol. The number of amides is 1. The highest BCUT2D eigenvalue weighted by Gasteiger charge is 2.12. The van der Waals surface area contributed by atoms with Crippen LogP contribution in [-0.4, -0.2) is 40.7 Å². The molecule has 9 heteroatoms. The largest absolute Gasteiger partial charge is 0.352 e. The van der Waals surface area contributed by atoms with Crippen LogP contribution in [0.2, 0.25) is 0 Å². The SMILES string of the molecule is CNCCCNC(=O)c1ccc(F)c(NS(C)(=O)=O)c1.Cl. The molecule has 1 amide bonds. The second-order valence-electron chi connectivity index (χ2n) is 4.28. The number of carbonyl (C=O) groups is 1. The first-order valence-corrected chi connectivity index (χ1v) is 7.93. The van der Waals surface area contributed by atoms with Crippen molar-refractivity contribution in [1.29, 1.82) is 0 Å². The van der Waals surface area contributed by atoms with Crippen LogP contribution in [0.3, 0.4) is 0 Å². The van der Waals surface area contributed by atoms with Crippen LogP contribution in [0, 0.1) is 5.82 Å². The van der Waals surface area contributed by atoms with Crippen molar-refractivity contribution in [2.45, 2.75) is 6.42 Å². The van der Waals surface area contributed by atoms with Crippen molar-refractivity contribution in [3.63, 3.8) is 0 Å². The maximum atomic E-state index is 13.4. The highest BCUT2D eigenvalue weighted by Crippen LogP contribution is 2.17. The van der Waals surface area contributed by atoms with Crippen molar-refractivity contribution in [1.82, 2.24) is 10.6 Å². The number of anilines is 1. The fourth-order valence-electron chi connectivity index (χ4n) is 1.51. The van der Waals surface area contributed by atoms with Crippen molar-refractivity contribution in [2.75, 3.05) is 31.1 Å². The number of carbonyl (C=O) groups excluding carboxylic acids is 1. The van der Waals surface area contributed by atoms with Gasteiger partial charge in [-0.05, 0) is 38.2 Å². The minimum Gasteiger partial charge on any atom is -0.352 e. The van der Waals surface area contributed by atoms with Gasteiger partial charge >= 0.3 is 0 Å². The quantitative estimate of drug-likeness (QED) is 0.646. The van der Waals surface area contributed by atoms with Crippen LogP contribution in [-0.2, 0) is 10.0 Å². The first-order chi connectivity index (χ1) is 9.33. The fourth-order valence-corrected chi connectivity index (χ4v) is 2.07. The van der Waals surface area contributed by atoms with E-state index in [1.54, 1.807) is 0 Å². The Balaban J connectivity index is 0.00000400. The lowest BCUT2D eigenvalue weighted by molar-refractivity contribution is 0.0953. The predicted molar refractivity (Wildman–Crippen MR) is 83.0 cm³/mol. The molecule has 0 saturated carbocycles. The van der Waals surface area contributed by atoms with Crippen LogP contribution in [0.15, 0.2) is 18.2 Å². The van der Waals surface area contributed by atoms with E-state index in [1.807, 2.05) is 11.8 Å². The summed E-state index contributed by atoms with van der Waals surface area (Å²) in [4.78, 5) is 11.8. The second-order valence-corrected chi connectivity index (χ2v) is 6.03. The van der Waals surface area contributed by atoms with Gasteiger partial charge in [0.05, 0.1) is 11.9 Å². The van der Waals surface area contributed by atoms with Gasteiger partial charge in [-0.2, -0.15) is 0 Å². The Morgan fingerprint density at radius 2 is 1.95 bits per heavy atom. The minimum absolute atomic E-state index is 0. The molecule has 1 aromatic carbocycles. The molecule has 6 nitrogen and oxygen atoms in total. The Kier molecular flexibility index (Phi) is 8.23. The molecule has 0 saturated heterocycles. The standard InChI is InChI=1S/C12H18FN3O3S.ClH/c1-14-6-3-7-15-12(17)9-4-5-10(13)11(8-9)16-20(2,18)19;/h4-5,8,14,16H,3,6-7H2,1-2H3,(H,15,17);1H. The zero-order valence-electron chi connectivity index (χ0n) is 11.8. The normalized spacial score (nSPS) is 10.6. The molecule has 0 atom stereocenters. The van der Waals surface area contributed by atoms with E-state index in [2.05, 4.69) is 10.6 Å². The van der Waals surface area contributed by atoms with Crippen molar-refractivity contribution in [3.05, 3.63) is 29.6 Å². The number of hydrogen-bond acceptors (Lipinski definition) is 4. The van der Waals surface area contributed by atoms with Crippen LogP contribution in [0.4, 0.5) is 10.1 Å². The topological polar surface area (TPSA) is 87.3 Å². The Labute approximate surface area is 130 Å². The van der Waals surface area contributed by atoms with Crippen molar-refractivity contribution < 1.29 is 17.6 Å². The molecule has 1 aromatic rings. The smallest absolute Gasteiger partial charge is 0.251 e. The molecule has 1 rings (SSSR count). The Bertz CT molecular complexity index is 581. The Morgan fingerprint density at radius 3 is 2.52 bits per heavy atom. The first kappa shape index (κ1) is 19.6. The molecule has 0 fully saturated rings. The maximum Gasteiger partial charge on any atom is 0.251 e. The summed E-state index contributed by atoms with van der Waals surface area (Å²) in [5.41, 5.74) is -0.0441. The summed E-state index contributed by atoms with van der Waals surface area (Å²) in [6, 6.07) is 3.52. The summed E-state index contributed by atoms with van der Waals surface area (Å²) < 4.78 is 37.7. The van der Waals surface area contributed by atoms with E-state index in [0.717, 1.165) is 25.3 Å². The lowest BCUT2D eigenvalue weighted by Crippen LogP contribution is -2.26. The molecular formula is C12H19ClFN3O3S. The van der Waals surface area contributed by atoms with Gasteiger partial charge in [-0.15, -0.1) is 12.4 Å². The lowest BCUT2D eigenvalue weighted by atomic mass is 10.2. The minimum atomic E-state index is -3.60. The number of benzene rings is 1. The molecule has 3 N–H and O–H groups in total. The van der Waals surface area contributed by atoms with E-state index in [1.165, 1.54) is 12.1 Å². The third-order valence-electron chi connectivity index (χ3n) is 2.41. The highest BCUT2D eigenvalue weighted by atomic mass is 35.5. The maximum absolute atomic E-state index is 13.4. The summed E-state index contributed by atoms with van der Waals surface area (Å²) in [6.45, 7) is 1.25. The Hall–Kier alpha value is -1.38. The molecular weight excluding hydrogens is 321 g/mol. The summed E-state index contributed by atoms with van der Waals surface area (Å²) in [7, 11) is -1.79. The molecule has 0 aliphatic carbocycles. The van der Waals surface area contributed by atoms with Gasteiger partial charge in [0.15, 0.2) is 0 Å². The van der Waals surface area contributed by atoms with E-state index in [0.29, 0.717) is 6.54 Å². The molecule has 0 radical (unpaired) electrons. The third-order valence-corrected chi connectivity index (χ3v) is 3.00. The van der Waals surface area contributed by atoms with Gasteiger partial charge < -0.3 is 10.6 Å². The average Bonchev–Trinajstić information content (AvgIpc) is 2.35. The zero-order chi connectivity index (χ0) is 15.2. The molecule has 0 aromatic heterocycles. The van der Waals surface area contributed by atoms with Gasteiger partial charge in [0.2, 0.25) is 10.0 Å². The molecule has 0 aliphatic heterocycles. The number of hydrogen-bond donors (Lipinski definition) is 3. The van der Waals surface area contributed by atoms with Gasteiger partial charge in [-0.25, -0.2) is 12.8 Å². The average molecular weight is 340 g/mol. The van der Waals surface area contributed by atoms with Gasteiger partial charge in [0, 0.05) is 12.1 Å². The highest BCUT2D eigenvalue weighted by molar-refractivity contribution is 7.92. The van der Waals surface area contributed by atoms with E-state index in [4.69, 9.17) is 0 Å². The summed E-state index contributed by atoms with van der Waals surface area (Å²) in [6.07, 6.45) is 1.68. The van der Waals surface area contributed by atoms with E-state index in [9.17, 15) is 17.6 Å². The molecule has 120 valence electrons.